The average molecular weight is 492 g/mol. The number of carboxylic acid groups (broad SMARTS) is 2. The zero-order valence-corrected chi connectivity index (χ0v) is 16.8. The first-order chi connectivity index (χ1) is 15.5. The molecule has 0 aromatic heterocycles. The molecule has 2 amide bonds. The fourth-order valence-electron chi connectivity index (χ4n) is 3.44. The molecule has 0 bridgehead atoms. The first-order valence-electron chi connectivity index (χ1n) is 8.91. The molecule has 14 heteroatoms. The van der Waals surface area contributed by atoms with E-state index in [1.807, 2.05) is 5.32 Å². The molecule has 0 unspecified atom stereocenters. The van der Waals surface area contributed by atoms with Crippen molar-refractivity contribution in [2.75, 3.05) is 7.05 Å². The van der Waals surface area contributed by atoms with E-state index in [4.69, 9.17) is 10.8 Å². The molecule has 0 aliphatic rings. The number of primary amides is 1. The van der Waals surface area contributed by atoms with Gasteiger partial charge in [0, 0.05) is 7.05 Å². The summed E-state index contributed by atoms with van der Waals surface area (Å²) in [6.07, 6.45) is -12.3. The second kappa shape index (κ2) is 8.68. The van der Waals surface area contributed by atoms with Gasteiger partial charge in [-0.25, -0.2) is 9.59 Å². The van der Waals surface area contributed by atoms with Gasteiger partial charge in [0.1, 0.15) is 0 Å². The monoisotopic (exact) mass is 492 g/mol. The lowest BCUT2D eigenvalue weighted by Crippen LogP contribution is -2.55. The number of nitrogens with one attached hydrogen (secondary N) is 1. The summed E-state index contributed by atoms with van der Waals surface area (Å²) in [6, 6.07) is 1.37. The molecule has 0 saturated heterocycles. The molecule has 2 aromatic rings. The molecule has 0 spiro atoms. The van der Waals surface area contributed by atoms with Gasteiger partial charge in [0.2, 0.25) is 11.3 Å². The zero-order valence-electron chi connectivity index (χ0n) is 16.8. The lowest BCUT2D eigenvalue weighted by Gasteiger charge is -2.38. The molecule has 0 fully saturated rings. The minimum Gasteiger partial charge on any atom is -0.478 e. The molecule has 0 aliphatic carbocycles. The maximum atomic E-state index is 14.3. The van der Waals surface area contributed by atoms with E-state index >= 15 is 0 Å². The number of rotatable bonds is 6. The van der Waals surface area contributed by atoms with Gasteiger partial charge in [0.25, 0.3) is 5.91 Å². The second-order valence-corrected chi connectivity index (χ2v) is 6.82. The Morgan fingerprint density at radius 3 is 1.44 bits per heavy atom. The van der Waals surface area contributed by atoms with Crippen molar-refractivity contribution in [3.63, 3.8) is 0 Å². The van der Waals surface area contributed by atoms with Crippen LogP contribution >= 0.6 is 0 Å². The van der Waals surface area contributed by atoms with Crippen molar-refractivity contribution in [1.82, 2.24) is 5.32 Å². The van der Waals surface area contributed by atoms with Crippen LogP contribution in [0, 0.1) is 0 Å². The molecule has 5 N–H and O–H groups in total. The van der Waals surface area contributed by atoms with E-state index in [1.165, 1.54) is 0 Å². The predicted molar refractivity (Wildman–Crippen MR) is 102 cm³/mol. The average Bonchev–Trinajstić information content (AvgIpc) is 2.70. The Morgan fingerprint density at radius 2 is 1.12 bits per heavy atom. The van der Waals surface area contributed by atoms with Crippen LogP contribution in [0.1, 0.15) is 52.6 Å². The van der Waals surface area contributed by atoms with Crippen LogP contribution in [0.25, 0.3) is 0 Å². The van der Waals surface area contributed by atoms with Gasteiger partial charge in [0.15, 0.2) is 0 Å². The molecule has 182 valence electrons. The highest BCUT2D eigenvalue weighted by Crippen LogP contribution is 2.56. The molecular weight excluding hydrogens is 478 g/mol. The van der Waals surface area contributed by atoms with Crippen molar-refractivity contribution in [2.24, 2.45) is 5.73 Å². The van der Waals surface area contributed by atoms with Crippen LogP contribution in [0.5, 0.6) is 0 Å². The number of aromatic carboxylic acids is 2. The first kappa shape index (κ1) is 26.2. The van der Waals surface area contributed by atoms with Crippen molar-refractivity contribution in [3.8, 4) is 0 Å². The summed E-state index contributed by atoms with van der Waals surface area (Å²) in [4.78, 5) is 46.3. The van der Waals surface area contributed by atoms with Gasteiger partial charge >= 0.3 is 24.3 Å². The van der Waals surface area contributed by atoms with Crippen LogP contribution < -0.4 is 11.1 Å². The highest BCUT2D eigenvalue weighted by atomic mass is 19.4. The molecule has 0 aliphatic heterocycles. The van der Waals surface area contributed by atoms with Crippen molar-refractivity contribution >= 4 is 23.8 Å². The number of carbonyl (C=O) groups is 4. The van der Waals surface area contributed by atoms with Crippen molar-refractivity contribution < 1.29 is 55.7 Å². The smallest absolute Gasteiger partial charge is 0.411 e. The maximum absolute atomic E-state index is 14.3. The summed E-state index contributed by atoms with van der Waals surface area (Å²) in [5.41, 5.74) is -7.10. The highest BCUT2D eigenvalue weighted by molar-refractivity contribution is 6.05. The SMILES string of the molecule is CNC(=O)c1cc(C(c2ccc(C(=O)O)c(C(N)=O)c2)(C(F)(F)F)C(F)(F)F)ccc1C(=O)O. The number of carbonyl (C=O) groups excluding carboxylic acids is 2. The molecule has 34 heavy (non-hydrogen) atoms. The number of alkyl halides is 6. The van der Waals surface area contributed by atoms with Gasteiger partial charge in [-0.05, 0) is 35.4 Å². The summed E-state index contributed by atoms with van der Waals surface area (Å²) in [6.45, 7) is 0. The van der Waals surface area contributed by atoms with E-state index in [9.17, 15) is 50.6 Å². The van der Waals surface area contributed by atoms with Crippen LogP contribution in [-0.2, 0) is 5.41 Å². The Kier molecular flexibility index (Phi) is 6.68. The zero-order chi connectivity index (χ0) is 26.2. The Balaban J connectivity index is 3.10. The molecule has 8 nitrogen and oxygen atoms in total. The minimum absolute atomic E-state index is 0.0530. The van der Waals surface area contributed by atoms with E-state index in [0.717, 1.165) is 7.05 Å². The van der Waals surface area contributed by atoms with Gasteiger partial charge in [-0.2, -0.15) is 26.3 Å². The summed E-state index contributed by atoms with van der Waals surface area (Å²) in [5.74, 6) is -6.52. The summed E-state index contributed by atoms with van der Waals surface area (Å²) < 4.78 is 86.0. The fraction of sp³-hybridized carbons (Fsp3) is 0.200. The number of nitrogens with two attached hydrogens (primary N) is 1. The van der Waals surface area contributed by atoms with Crippen LogP contribution in [0.3, 0.4) is 0 Å². The number of carboxylic acids is 2. The van der Waals surface area contributed by atoms with Crippen molar-refractivity contribution in [2.45, 2.75) is 17.8 Å². The summed E-state index contributed by atoms with van der Waals surface area (Å²) >= 11 is 0. The van der Waals surface area contributed by atoms with Gasteiger partial charge in [-0.1, -0.05) is 12.1 Å². The maximum Gasteiger partial charge on any atom is 0.411 e. The Hall–Kier alpha value is -4.10. The second-order valence-electron chi connectivity index (χ2n) is 6.82. The van der Waals surface area contributed by atoms with E-state index in [1.54, 1.807) is 0 Å². The van der Waals surface area contributed by atoms with Crippen molar-refractivity contribution in [1.29, 1.82) is 0 Å². The van der Waals surface area contributed by atoms with Crippen LogP contribution in [-0.4, -0.2) is 53.4 Å². The Labute approximate surface area is 186 Å². The Bertz CT molecular complexity index is 1180. The van der Waals surface area contributed by atoms with Gasteiger partial charge in [-0.15, -0.1) is 0 Å². The van der Waals surface area contributed by atoms with Crippen molar-refractivity contribution in [3.05, 3.63) is 69.8 Å². The van der Waals surface area contributed by atoms with E-state index < -0.39 is 74.9 Å². The lowest BCUT2D eigenvalue weighted by atomic mass is 9.71. The van der Waals surface area contributed by atoms with Crippen LogP contribution in [0.15, 0.2) is 36.4 Å². The quantitative estimate of drug-likeness (QED) is 0.456. The normalized spacial score (nSPS) is 12.2. The minimum atomic E-state index is -6.17. The molecule has 0 atom stereocenters. The molecular formula is C20H14F6N2O6. The highest BCUT2D eigenvalue weighted by Gasteiger charge is 2.72. The third kappa shape index (κ3) is 4.13. The number of benzene rings is 2. The Morgan fingerprint density at radius 1 is 0.735 bits per heavy atom. The first-order valence-corrected chi connectivity index (χ1v) is 8.91. The van der Waals surface area contributed by atoms with Crippen LogP contribution in [0.4, 0.5) is 26.3 Å². The number of hydrogen-bond donors (Lipinski definition) is 4. The fourth-order valence-corrected chi connectivity index (χ4v) is 3.44. The molecule has 0 saturated carbocycles. The summed E-state index contributed by atoms with van der Waals surface area (Å²) in [5, 5.41) is 20.2. The number of halogens is 6. The van der Waals surface area contributed by atoms with Gasteiger partial charge in [-0.3, -0.25) is 9.59 Å². The van der Waals surface area contributed by atoms with Gasteiger partial charge < -0.3 is 21.3 Å². The predicted octanol–water partition coefficient (Wildman–Crippen LogP) is 2.95. The number of amides is 2. The summed E-state index contributed by atoms with van der Waals surface area (Å²) in [7, 11) is 0.977. The van der Waals surface area contributed by atoms with E-state index in [-0.39, 0.29) is 24.3 Å². The molecule has 2 aromatic carbocycles. The van der Waals surface area contributed by atoms with E-state index in [0.29, 0.717) is 12.1 Å². The lowest BCUT2D eigenvalue weighted by molar-refractivity contribution is -0.288. The molecule has 0 radical (unpaired) electrons. The van der Waals surface area contributed by atoms with E-state index in [2.05, 4.69) is 0 Å². The third-order valence-electron chi connectivity index (χ3n) is 4.95. The topological polar surface area (TPSA) is 147 Å². The third-order valence-corrected chi connectivity index (χ3v) is 4.95. The number of hydrogen-bond acceptors (Lipinski definition) is 4. The van der Waals surface area contributed by atoms with Crippen LogP contribution in [0.2, 0.25) is 0 Å². The van der Waals surface area contributed by atoms with Gasteiger partial charge in [0.05, 0.1) is 22.3 Å². The molecule has 0 heterocycles. The standard InChI is InChI=1S/C20H14F6N2O6/c1-28-15(30)13-7-9(3-5-11(13)17(33)34)18(19(21,22)23,20(24,25)26)8-2-4-10(16(31)32)12(6-8)14(27)29/h2-7H,1H3,(H2,27,29)(H,28,30)(H,31,32)(H,33,34). The molecule has 2 rings (SSSR count). The largest absolute Gasteiger partial charge is 0.478 e.